The van der Waals surface area contributed by atoms with Crippen LogP contribution in [0.5, 0.6) is 0 Å². The molecule has 2 heterocycles. The smallest absolute Gasteiger partial charge is 0.286 e. The Labute approximate surface area is 173 Å². The predicted molar refractivity (Wildman–Crippen MR) is 111 cm³/mol. The second kappa shape index (κ2) is 10.2. The zero-order chi connectivity index (χ0) is 19.9. The number of benzene rings is 1. The molecular weight excluding hydrogens is 398 g/mol. The summed E-state index contributed by atoms with van der Waals surface area (Å²) in [6.45, 7) is 5.94. The Hall–Kier alpha value is -1.67. The van der Waals surface area contributed by atoms with Gasteiger partial charge in [0.15, 0.2) is 5.76 Å². The molecule has 2 aromatic rings. The number of hydrogen-bond acceptors (Lipinski definition) is 5. The van der Waals surface area contributed by atoms with Gasteiger partial charge in [0.2, 0.25) is 0 Å². The van der Waals surface area contributed by atoms with Crippen LogP contribution in [0.3, 0.4) is 0 Å². The minimum Gasteiger partial charge on any atom is -0.455 e. The molecule has 0 saturated carbocycles. The Bertz CT molecular complexity index is 819. The van der Waals surface area contributed by atoms with Crippen molar-refractivity contribution in [2.24, 2.45) is 0 Å². The third-order valence-electron chi connectivity index (χ3n) is 4.75. The number of piperazine rings is 1. The minimum absolute atomic E-state index is 0.205. The van der Waals surface area contributed by atoms with Gasteiger partial charge in [0.25, 0.3) is 5.91 Å². The number of carbonyl (C=O) groups excluding carboxylic acids is 1. The molecule has 0 aliphatic carbocycles. The SMILES string of the molecule is CN1CCN(CCCNC(=O)c2ccc(C[S@@](=O)c3cccc(Cl)c3)o2)CC1. The van der Waals surface area contributed by atoms with Crippen LogP contribution in [0, 0.1) is 0 Å². The van der Waals surface area contributed by atoms with Crippen molar-refractivity contribution < 1.29 is 13.4 Å². The van der Waals surface area contributed by atoms with Crippen LogP contribution >= 0.6 is 11.6 Å². The molecule has 3 rings (SSSR count). The van der Waals surface area contributed by atoms with E-state index in [0.29, 0.717) is 22.2 Å². The molecule has 1 aromatic carbocycles. The van der Waals surface area contributed by atoms with Crippen LogP contribution in [0.1, 0.15) is 22.7 Å². The average Bonchev–Trinajstić information content (AvgIpc) is 3.15. The lowest BCUT2D eigenvalue weighted by atomic mass is 10.3. The molecule has 152 valence electrons. The Morgan fingerprint density at radius 2 is 2.00 bits per heavy atom. The van der Waals surface area contributed by atoms with Gasteiger partial charge in [0, 0.05) is 42.6 Å². The summed E-state index contributed by atoms with van der Waals surface area (Å²) in [5, 5.41) is 3.43. The first-order chi connectivity index (χ1) is 13.5. The van der Waals surface area contributed by atoms with Crippen molar-refractivity contribution in [3.05, 3.63) is 52.9 Å². The van der Waals surface area contributed by atoms with E-state index in [-0.39, 0.29) is 17.4 Å². The number of carbonyl (C=O) groups is 1. The van der Waals surface area contributed by atoms with Crippen LogP contribution < -0.4 is 5.32 Å². The fourth-order valence-corrected chi connectivity index (χ4v) is 4.39. The first-order valence-electron chi connectivity index (χ1n) is 9.43. The van der Waals surface area contributed by atoms with Gasteiger partial charge in [-0.05, 0) is 50.3 Å². The molecule has 8 heteroatoms. The second-order valence-electron chi connectivity index (χ2n) is 6.97. The fourth-order valence-electron chi connectivity index (χ4n) is 3.06. The molecule has 28 heavy (non-hydrogen) atoms. The number of nitrogens with one attached hydrogen (secondary N) is 1. The van der Waals surface area contributed by atoms with Crippen molar-refractivity contribution in [2.75, 3.05) is 46.3 Å². The van der Waals surface area contributed by atoms with Gasteiger partial charge in [-0.15, -0.1) is 0 Å². The predicted octanol–water partition coefficient (Wildman–Crippen LogP) is 2.61. The Kier molecular flexibility index (Phi) is 7.67. The molecule has 1 aliphatic rings. The van der Waals surface area contributed by atoms with Crippen LogP contribution in [0.15, 0.2) is 45.7 Å². The molecular formula is C20H26ClN3O3S. The van der Waals surface area contributed by atoms with Crippen LogP contribution in [0.25, 0.3) is 0 Å². The monoisotopic (exact) mass is 423 g/mol. The molecule has 0 unspecified atom stereocenters. The summed E-state index contributed by atoms with van der Waals surface area (Å²) in [6, 6.07) is 10.3. The molecule has 1 amide bonds. The first kappa shape index (κ1) is 21.0. The molecule has 1 atom stereocenters. The Morgan fingerprint density at radius 3 is 2.75 bits per heavy atom. The summed E-state index contributed by atoms with van der Waals surface area (Å²) >= 11 is 5.94. The Balaban J connectivity index is 1.41. The van der Waals surface area contributed by atoms with Crippen molar-refractivity contribution in [3.63, 3.8) is 0 Å². The van der Waals surface area contributed by atoms with E-state index >= 15 is 0 Å². The highest BCUT2D eigenvalue weighted by atomic mass is 35.5. The second-order valence-corrected chi connectivity index (χ2v) is 8.86. The van der Waals surface area contributed by atoms with Gasteiger partial charge in [-0.3, -0.25) is 9.00 Å². The van der Waals surface area contributed by atoms with Gasteiger partial charge in [0.1, 0.15) is 5.76 Å². The van der Waals surface area contributed by atoms with Crippen molar-refractivity contribution >= 4 is 28.3 Å². The largest absolute Gasteiger partial charge is 0.455 e. The van der Waals surface area contributed by atoms with Crippen molar-refractivity contribution in [1.29, 1.82) is 0 Å². The van der Waals surface area contributed by atoms with Crippen LogP contribution in [-0.4, -0.2) is 66.2 Å². The molecule has 0 spiro atoms. The summed E-state index contributed by atoms with van der Waals surface area (Å²) in [6.07, 6.45) is 0.905. The molecule has 1 fully saturated rings. The fraction of sp³-hybridized carbons (Fsp3) is 0.450. The van der Waals surface area contributed by atoms with Gasteiger partial charge >= 0.3 is 0 Å². The zero-order valence-electron chi connectivity index (χ0n) is 16.0. The van der Waals surface area contributed by atoms with E-state index in [1.807, 2.05) is 0 Å². The molecule has 1 aliphatic heterocycles. The first-order valence-corrected chi connectivity index (χ1v) is 11.1. The number of halogens is 1. The summed E-state index contributed by atoms with van der Waals surface area (Å²) in [5.41, 5.74) is 0. The molecule has 0 radical (unpaired) electrons. The van der Waals surface area contributed by atoms with Crippen LogP contribution in [0.2, 0.25) is 5.02 Å². The van der Waals surface area contributed by atoms with E-state index in [2.05, 4.69) is 22.2 Å². The van der Waals surface area contributed by atoms with Crippen molar-refractivity contribution in [3.8, 4) is 0 Å². The third kappa shape index (κ3) is 6.17. The van der Waals surface area contributed by atoms with Crippen molar-refractivity contribution in [2.45, 2.75) is 17.1 Å². The number of furan rings is 1. The standard InChI is InChI=1S/C20H26ClN3O3S/c1-23-10-12-24(13-11-23)9-3-8-22-20(25)19-7-6-17(27-19)15-28(26)18-5-2-4-16(21)14-18/h2,4-7,14H,3,8-13,15H2,1H3,(H,22,25)/t28-/m1/s1. The number of amides is 1. The van der Waals surface area contributed by atoms with Crippen LogP contribution in [-0.2, 0) is 16.6 Å². The molecule has 0 bridgehead atoms. The van der Waals surface area contributed by atoms with E-state index in [9.17, 15) is 9.00 Å². The lowest BCUT2D eigenvalue weighted by Gasteiger charge is -2.32. The number of hydrogen-bond donors (Lipinski definition) is 1. The summed E-state index contributed by atoms with van der Waals surface area (Å²) in [5.74, 6) is 0.730. The summed E-state index contributed by atoms with van der Waals surface area (Å²) in [7, 11) is 0.863. The maximum Gasteiger partial charge on any atom is 0.286 e. The average molecular weight is 424 g/mol. The van der Waals surface area contributed by atoms with E-state index in [0.717, 1.165) is 39.1 Å². The zero-order valence-corrected chi connectivity index (χ0v) is 17.6. The molecule has 1 saturated heterocycles. The topological polar surface area (TPSA) is 65.8 Å². The molecule has 6 nitrogen and oxygen atoms in total. The normalized spacial score (nSPS) is 16.8. The van der Waals surface area contributed by atoms with E-state index < -0.39 is 10.8 Å². The van der Waals surface area contributed by atoms with Crippen LogP contribution in [0.4, 0.5) is 0 Å². The quantitative estimate of drug-likeness (QED) is 0.661. The number of likely N-dealkylation sites (N-methyl/N-ethyl adjacent to an activating group) is 1. The maximum atomic E-state index is 12.4. The van der Waals surface area contributed by atoms with E-state index in [1.54, 1.807) is 36.4 Å². The summed E-state index contributed by atoms with van der Waals surface area (Å²) < 4.78 is 18.0. The maximum absolute atomic E-state index is 12.4. The molecule has 1 aromatic heterocycles. The van der Waals surface area contributed by atoms with Gasteiger partial charge < -0.3 is 19.5 Å². The van der Waals surface area contributed by atoms with E-state index in [4.69, 9.17) is 16.0 Å². The van der Waals surface area contributed by atoms with Gasteiger partial charge in [-0.2, -0.15) is 0 Å². The van der Waals surface area contributed by atoms with E-state index in [1.165, 1.54) is 0 Å². The number of nitrogens with zero attached hydrogens (tertiary/aromatic N) is 2. The van der Waals surface area contributed by atoms with Gasteiger partial charge in [-0.25, -0.2) is 0 Å². The summed E-state index contributed by atoms with van der Waals surface area (Å²) in [4.78, 5) is 17.6. The Morgan fingerprint density at radius 1 is 1.21 bits per heavy atom. The number of rotatable bonds is 8. The van der Waals surface area contributed by atoms with Crippen molar-refractivity contribution in [1.82, 2.24) is 15.1 Å². The van der Waals surface area contributed by atoms with Gasteiger partial charge in [-0.1, -0.05) is 17.7 Å². The van der Waals surface area contributed by atoms with Gasteiger partial charge in [0.05, 0.1) is 16.6 Å². The lowest BCUT2D eigenvalue weighted by Crippen LogP contribution is -2.45. The lowest BCUT2D eigenvalue weighted by molar-refractivity contribution is 0.0920. The minimum atomic E-state index is -1.28. The molecule has 1 N–H and O–H groups in total. The third-order valence-corrected chi connectivity index (χ3v) is 6.31. The highest BCUT2D eigenvalue weighted by Gasteiger charge is 2.15. The highest BCUT2D eigenvalue weighted by Crippen LogP contribution is 2.18. The highest BCUT2D eigenvalue weighted by molar-refractivity contribution is 7.84.